The largest absolute Gasteiger partial charge is 0.452 e. The number of benzene rings is 1. The van der Waals surface area contributed by atoms with Gasteiger partial charge in [-0.25, -0.2) is 0 Å². The Hall–Kier alpha value is -2.70. The maximum absolute atomic E-state index is 12.5. The Labute approximate surface area is 159 Å². The Bertz CT molecular complexity index is 713. The van der Waals surface area contributed by atoms with Crippen molar-refractivity contribution in [3.8, 4) is 0 Å². The van der Waals surface area contributed by atoms with Crippen molar-refractivity contribution in [2.45, 2.75) is 59.2 Å². The molecule has 0 spiro atoms. The van der Waals surface area contributed by atoms with Gasteiger partial charge in [-0.2, -0.15) is 0 Å². The monoisotopic (exact) mass is 374 g/mol. The van der Waals surface area contributed by atoms with Crippen LogP contribution in [0.2, 0.25) is 0 Å². The van der Waals surface area contributed by atoms with Crippen LogP contribution in [-0.4, -0.2) is 58.2 Å². The first-order valence-corrected chi connectivity index (χ1v) is 9.12. The Morgan fingerprint density at radius 3 is 1.89 bits per heavy atom. The van der Waals surface area contributed by atoms with Crippen LogP contribution in [0.4, 0.5) is 0 Å². The molecule has 0 aromatic heterocycles. The predicted molar refractivity (Wildman–Crippen MR) is 99.1 cm³/mol. The van der Waals surface area contributed by atoms with E-state index in [4.69, 9.17) is 4.74 Å². The third-order valence-electron chi connectivity index (χ3n) is 4.44. The summed E-state index contributed by atoms with van der Waals surface area (Å²) in [6, 6.07) is 6.50. The highest BCUT2D eigenvalue weighted by molar-refractivity contribution is 6.21. The van der Waals surface area contributed by atoms with Gasteiger partial charge in [0.25, 0.3) is 17.7 Å². The van der Waals surface area contributed by atoms with Crippen LogP contribution in [0.1, 0.15) is 61.8 Å². The van der Waals surface area contributed by atoms with Crippen LogP contribution < -0.4 is 0 Å². The van der Waals surface area contributed by atoms with Gasteiger partial charge in [0.15, 0.2) is 6.10 Å². The summed E-state index contributed by atoms with van der Waals surface area (Å²) in [4.78, 5) is 51.9. The predicted octanol–water partition coefficient (Wildman–Crippen LogP) is 2.25. The first-order chi connectivity index (χ1) is 12.6. The Kier molecular flexibility index (Phi) is 6.36. The standard InChI is InChI=1S/C20H26N2O5/c1-12(2)22(13(3)4)18(24)14(5)27-17(23)10-11-21-19(25)15-8-6-7-9-16(15)20(21)26/h6-9,12-14H,10-11H2,1-5H3/t14-/m1/s1. The molecular formula is C20H26N2O5. The Morgan fingerprint density at radius 1 is 0.963 bits per heavy atom. The number of hydrogen-bond donors (Lipinski definition) is 0. The molecule has 1 aliphatic rings. The molecule has 1 aromatic rings. The van der Waals surface area contributed by atoms with E-state index < -0.39 is 23.9 Å². The quantitative estimate of drug-likeness (QED) is 0.540. The molecule has 0 fully saturated rings. The van der Waals surface area contributed by atoms with Crippen LogP contribution in [0.3, 0.4) is 0 Å². The van der Waals surface area contributed by atoms with Crippen molar-refractivity contribution in [3.63, 3.8) is 0 Å². The van der Waals surface area contributed by atoms with Crippen LogP contribution >= 0.6 is 0 Å². The van der Waals surface area contributed by atoms with Crippen LogP contribution in [0.15, 0.2) is 24.3 Å². The van der Waals surface area contributed by atoms with E-state index in [2.05, 4.69) is 0 Å². The van der Waals surface area contributed by atoms with E-state index >= 15 is 0 Å². The van der Waals surface area contributed by atoms with Crippen molar-refractivity contribution in [1.82, 2.24) is 9.80 Å². The summed E-state index contributed by atoms with van der Waals surface area (Å²) in [5.41, 5.74) is 0.674. The Balaban J connectivity index is 1.92. The van der Waals surface area contributed by atoms with Crippen LogP contribution in [0, 0.1) is 0 Å². The average molecular weight is 374 g/mol. The highest BCUT2D eigenvalue weighted by Gasteiger charge is 2.35. The molecule has 1 heterocycles. The first kappa shape index (κ1) is 20.6. The smallest absolute Gasteiger partial charge is 0.308 e. The zero-order valence-electron chi connectivity index (χ0n) is 16.4. The molecule has 27 heavy (non-hydrogen) atoms. The third-order valence-corrected chi connectivity index (χ3v) is 4.44. The zero-order valence-corrected chi connectivity index (χ0v) is 16.4. The number of esters is 1. The van der Waals surface area contributed by atoms with Gasteiger partial charge in [-0.3, -0.25) is 24.1 Å². The molecule has 0 unspecified atom stereocenters. The number of fused-ring (bicyclic) bond motifs is 1. The van der Waals surface area contributed by atoms with Gasteiger partial charge in [0.05, 0.1) is 17.5 Å². The van der Waals surface area contributed by atoms with E-state index in [9.17, 15) is 19.2 Å². The zero-order chi connectivity index (χ0) is 20.3. The summed E-state index contributed by atoms with van der Waals surface area (Å²) in [6.07, 6.45) is -1.09. The molecular weight excluding hydrogens is 348 g/mol. The third kappa shape index (κ3) is 4.35. The van der Waals surface area contributed by atoms with E-state index in [0.717, 1.165) is 4.90 Å². The fourth-order valence-electron chi connectivity index (χ4n) is 3.27. The lowest BCUT2D eigenvalue weighted by Gasteiger charge is -2.32. The minimum Gasteiger partial charge on any atom is -0.452 e. The number of ether oxygens (including phenoxy) is 1. The van der Waals surface area contributed by atoms with Gasteiger partial charge in [0, 0.05) is 18.6 Å². The molecule has 3 amide bonds. The molecule has 0 N–H and O–H groups in total. The van der Waals surface area contributed by atoms with Crippen molar-refractivity contribution < 1.29 is 23.9 Å². The summed E-state index contributed by atoms with van der Waals surface area (Å²) in [5.74, 6) is -1.73. The molecule has 7 nitrogen and oxygen atoms in total. The highest BCUT2D eigenvalue weighted by atomic mass is 16.5. The number of carbonyl (C=O) groups is 4. The minimum atomic E-state index is -0.926. The maximum Gasteiger partial charge on any atom is 0.308 e. The van der Waals surface area contributed by atoms with E-state index in [0.29, 0.717) is 11.1 Å². The first-order valence-electron chi connectivity index (χ1n) is 9.12. The molecule has 0 radical (unpaired) electrons. The summed E-state index contributed by atoms with van der Waals surface area (Å²) in [5, 5.41) is 0. The van der Waals surface area contributed by atoms with Crippen molar-refractivity contribution in [1.29, 1.82) is 0 Å². The van der Waals surface area contributed by atoms with E-state index in [1.54, 1.807) is 29.2 Å². The van der Waals surface area contributed by atoms with Crippen LogP contribution in [0.25, 0.3) is 0 Å². The minimum absolute atomic E-state index is 0.0167. The summed E-state index contributed by atoms with van der Waals surface area (Å²) in [6.45, 7) is 9.04. The van der Waals surface area contributed by atoms with Crippen molar-refractivity contribution in [2.24, 2.45) is 0 Å². The SMILES string of the molecule is CC(C)N(C(=O)[C@@H](C)OC(=O)CCN1C(=O)c2ccccc2C1=O)C(C)C. The molecule has 0 aliphatic carbocycles. The summed E-state index contributed by atoms with van der Waals surface area (Å²) >= 11 is 0. The van der Waals surface area contributed by atoms with Crippen molar-refractivity contribution in [2.75, 3.05) is 6.54 Å². The number of imide groups is 1. The molecule has 1 aromatic carbocycles. The van der Waals surface area contributed by atoms with E-state index in [1.807, 2.05) is 27.7 Å². The lowest BCUT2D eigenvalue weighted by atomic mass is 10.1. The molecule has 1 atom stereocenters. The summed E-state index contributed by atoms with van der Waals surface area (Å²) < 4.78 is 5.22. The second kappa shape index (κ2) is 8.33. The molecule has 0 saturated heterocycles. The lowest BCUT2D eigenvalue weighted by Crippen LogP contribution is -2.47. The molecule has 0 bridgehead atoms. The van der Waals surface area contributed by atoms with Crippen molar-refractivity contribution in [3.05, 3.63) is 35.4 Å². The van der Waals surface area contributed by atoms with Gasteiger partial charge in [0.2, 0.25) is 0 Å². The van der Waals surface area contributed by atoms with E-state index in [1.165, 1.54) is 6.92 Å². The average Bonchev–Trinajstić information content (AvgIpc) is 2.83. The van der Waals surface area contributed by atoms with Gasteiger partial charge in [-0.1, -0.05) is 12.1 Å². The van der Waals surface area contributed by atoms with E-state index in [-0.39, 0.29) is 31.0 Å². The van der Waals surface area contributed by atoms with Gasteiger partial charge < -0.3 is 9.64 Å². The van der Waals surface area contributed by atoms with Crippen LogP contribution in [-0.2, 0) is 14.3 Å². The normalized spacial score (nSPS) is 14.6. The van der Waals surface area contributed by atoms with Gasteiger partial charge in [0.1, 0.15) is 0 Å². The number of rotatable bonds is 7. The fraction of sp³-hybridized carbons (Fsp3) is 0.500. The fourth-order valence-corrected chi connectivity index (χ4v) is 3.27. The highest BCUT2D eigenvalue weighted by Crippen LogP contribution is 2.22. The topological polar surface area (TPSA) is 84.0 Å². The van der Waals surface area contributed by atoms with Gasteiger partial charge in [-0.15, -0.1) is 0 Å². The molecule has 0 saturated carbocycles. The second-order valence-electron chi connectivity index (χ2n) is 7.12. The lowest BCUT2D eigenvalue weighted by molar-refractivity contribution is -0.161. The summed E-state index contributed by atoms with van der Waals surface area (Å²) in [7, 11) is 0. The van der Waals surface area contributed by atoms with Crippen LogP contribution in [0.5, 0.6) is 0 Å². The maximum atomic E-state index is 12.5. The number of amides is 3. The van der Waals surface area contributed by atoms with Crippen molar-refractivity contribution >= 4 is 23.7 Å². The molecule has 7 heteroatoms. The van der Waals surface area contributed by atoms with Gasteiger partial charge in [-0.05, 0) is 46.8 Å². The van der Waals surface area contributed by atoms with Gasteiger partial charge >= 0.3 is 5.97 Å². The number of carbonyl (C=O) groups excluding carboxylic acids is 4. The molecule has 146 valence electrons. The Morgan fingerprint density at radius 2 is 1.44 bits per heavy atom. The molecule has 1 aliphatic heterocycles. The number of nitrogens with zero attached hydrogens (tertiary/aromatic N) is 2. The second-order valence-corrected chi connectivity index (χ2v) is 7.12. The number of hydrogen-bond acceptors (Lipinski definition) is 5. The molecule has 2 rings (SSSR count).